The number of benzene rings is 1. The standard InChI is InChI=1S/C7H4Cl2O3.Mg.2H/c8-3-1-4(7(11)12)6(10)5(9)2-3;;;/h1-2,10H,(H,11,12);;;/q;+2;2*-1. The molecule has 0 aromatic heterocycles. The maximum atomic E-state index is 10.4. The number of halogens is 2. The molecule has 1 aromatic rings. The third kappa shape index (κ3) is 2.91. The fourth-order valence-electron chi connectivity index (χ4n) is 0.729. The van der Waals surface area contributed by atoms with Crippen LogP contribution in [0.5, 0.6) is 5.75 Å². The molecule has 0 unspecified atom stereocenters. The molecule has 68 valence electrons. The molecule has 0 spiro atoms. The number of hydrogen-bond donors (Lipinski definition) is 2. The van der Waals surface area contributed by atoms with Crippen LogP contribution in [0.2, 0.25) is 10.0 Å². The summed E-state index contributed by atoms with van der Waals surface area (Å²) in [5, 5.41) is 17.8. The Kier molecular flexibility index (Phi) is 4.84. The quantitative estimate of drug-likeness (QED) is 0.731. The summed E-state index contributed by atoms with van der Waals surface area (Å²) >= 11 is 11.0. The first-order chi connectivity index (χ1) is 5.52. The van der Waals surface area contributed by atoms with Gasteiger partial charge in [-0.1, -0.05) is 23.2 Å². The number of hydrogen-bond acceptors (Lipinski definition) is 2. The van der Waals surface area contributed by atoms with Crippen LogP contribution in [-0.4, -0.2) is 39.2 Å². The van der Waals surface area contributed by atoms with Crippen molar-refractivity contribution in [1.82, 2.24) is 0 Å². The Morgan fingerprint density at radius 1 is 1.38 bits per heavy atom. The molecule has 13 heavy (non-hydrogen) atoms. The average molecular weight is 233 g/mol. The summed E-state index contributed by atoms with van der Waals surface area (Å²) in [6, 6.07) is 2.40. The van der Waals surface area contributed by atoms with Crippen LogP contribution in [0.15, 0.2) is 12.1 Å². The van der Waals surface area contributed by atoms with Crippen molar-refractivity contribution in [3.05, 3.63) is 27.7 Å². The molecule has 6 heteroatoms. The van der Waals surface area contributed by atoms with E-state index in [2.05, 4.69) is 0 Å². The Balaban J connectivity index is -0.000000480. The summed E-state index contributed by atoms with van der Waals surface area (Å²) in [6.07, 6.45) is 0. The van der Waals surface area contributed by atoms with Gasteiger partial charge in [0, 0.05) is 5.02 Å². The second kappa shape index (κ2) is 4.90. The minimum Gasteiger partial charge on any atom is -1.00 e. The zero-order valence-corrected chi connectivity index (χ0v) is 9.35. The van der Waals surface area contributed by atoms with Crippen LogP contribution >= 0.6 is 23.2 Å². The van der Waals surface area contributed by atoms with Crippen LogP contribution in [0, 0.1) is 0 Å². The summed E-state index contributed by atoms with van der Waals surface area (Å²) in [5.74, 6) is -1.73. The van der Waals surface area contributed by atoms with Gasteiger partial charge in [-0.15, -0.1) is 0 Å². The Hall–Kier alpha value is -0.164. The molecule has 0 radical (unpaired) electrons. The van der Waals surface area contributed by atoms with Gasteiger partial charge < -0.3 is 13.1 Å². The van der Waals surface area contributed by atoms with Crippen molar-refractivity contribution in [2.45, 2.75) is 0 Å². The maximum absolute atomic E-state index is 10.4. The fraction of sp³-hybridized carbons (Fsp3) is 0. The number of aromatic carboxylic acids is 1. The molecule has 0 fully saturated rings. The Morgan fingerprint density at radius 2 is 1.92 bits per heavy atom. The number of aromatic hydroxyl groups is 1. The maximum Gasteiger partial charge on any atom is 2.00 e. The van der Waals surface area contributed by atoms with Gasteiger partial charge in [-0.3, -0.25) is 0 Å². The van der Waals surface area contributed by atoms with E-state index in [-0.39, 0.29) is 41.5 Å². The molecule has 0 bridgehead atoms. The minimum atomic E-state index is -1.27. The number of carboxylic acids is 1. The normalized spacial score (nSPS) is 9.08. The molecule has 0 atom stereocenters. The molecule has 0 aliphatic rings. The van der Waals surface area contributed by atoms with Crippen molar-refractivity contribution in [2.24, 2.45) is 0 Å². The van der Waals surface area contributed by atoms with Crippen molar-refractivity contribution in [3.63, 3.8) is 0 Å². The largest absolute Gasteiger partial charge is 2.00 e. The predicted molar refractivity (Wildman–Crippen MR) is 53.1 cm³/mol. The first-order valence-electron chi connectivity index (χ1n) is 2.93. The summed E-state index contributed by atoms with van der Waals surface area (Å²) < 4.78 is 0. The van der Waals surface area contributed by atoms with E-state index in [1.807, 2.05) is 0 Å². The molecular weight excluding hydrogens is 227 g/mol. The molecule has 0 aliphatic heterocycles. The Labute approximate surface area is 103 Å². The van der Waals surface area contributed by atoms with Gasteiger partial charge in [-0.05, 0) is 12.1 Å². The van der Waals surface area contributed by atoms with Gasteiger partial charge in [0.2, 0.25) is 0 Å². The summed E-state index contributed by atoms with van der Waals surface area (Å²) in [7, 11) is 0. The summed E-state index contributed by atoms with van der Waals surface area (Å²) in [6.45, 7) is 0. The average Bonchev–Trinajstić information content (AvgIpc) is 1.96. The molecule has 1 aromatic carbocycles. The van der Waals surface area contributed by atoms with Gasteiger partial charge in [0.1, 0.15) is 11.3 Å². The van der Waals surface area contributed by atoms with Gasteiger partial charge >= 0.3 is 29.0 Å². The smallest absolute Gasteiger partial charge is 1.00 e. The van der Waals surface area contributed by atoms with Crippen molar-refractivity contribution < 1.29 is 17.9 Å². The molecule has 0 aliphatic carbocycles. The van der Waals surface area contributed by atoms with Crippen molar-refractivity contribution in [3.8, 4) is 5.75 Å². The van der Waals surface area contributed by atoms with E-state index in [0.29, 0.717) is 0 Å². The SMILES string of the molecule is O=C(O)c1cc(Cl)cc(Cl)c1O.[H-].[H-].[Mg+2]. The molecule has 2 N–H and O–H groups in total. The van der Waals surface area contributed by atoms with Crippen molar-refractivity contribution in [1.29, 1.82) is 0 Å². The zero-order chi connectivity index (χ0) is 9.30. The number of carboxylic acid groups (broad SMARTS) is 1. The third-order valence-corrected chi connectivity index (χ3v) is 1.76. The first kappa shape index (κ1) is 12.8. The second-order valence-electron chi connectivity index (χ2n) is 2.09. The molecule has 0 amide bonds. The molecule has 0 heterocycles. The molecule has 1 rings (SSSR count). The minimum absolute atomic E-state index is 0. The summed E-state index contributed by atoms with van der Waals surface area (Å²) in [5.41, 5.74) is -0.299. The first-order valence-corrected chi connectivity index (χ1v) is 3.69. The Morgan fingerprint density at radius 3 is 2.38 bits per heavy atom. The van der Waals surface area contributed by atoms with E-state index in [9.17, 15) is 4.79 Å². The predicted octanol–water partition coefficient (Wildman–Crippen LogP) is 2.24. The number of carbonyl (C=O) groups is 1. The third-order valence-electron chi connectivity index (χ3n) is 1.26. The molecule has 0 saturated heterocycles. The zero-order valence-electron chi connectivity index (χ0n) is 8.42. The van der Waals surface area contributed by atoms with Crippen LogP contribution in [-0.2, 0) is 0 Å². The van der Waals surface area contributed by atoms with E-state index in [1.54, 1.807) is 0 Å². The van der Waals surface area contributed by atoms with Gasteiger partial charge in [0.05, 0.1) is 5.02 Å². The summed E-state index contributed by atoms with van der Waals surface area (Å²) in [4.78, 5) is 10.4. The second-order valence-corrected chi connectivity index (χ2v) is 2.93. The van der Waals surface area contributed by atoms with E-state index in [0.717, 1.165) is 6.07 Å². The fourth-order valence-corrected chi connectivity index (χ4v) is 1.22. The topological polar surface area (TPSA) is 57.5 Å². The van der Waals surface area contributed by atoms with Crippen LogP contribution in [0.3, 0.4) is 0 Å². The van der Waals surface area contributed by atoms with Crippen molar-refractivity contribution >= 4 is 52.2 Å². The monoisotopic (exact) mass is 232 g/mol. The Bertz CT molecular complexity index is 349. The van der Waals surface area contributed by atoms with Crippen LogP contribution in [0.1, 0.15) is 13.2 Å². The van der Waals surface area contributed by atoms with Gasteiger partial charge in [0.25, 0.3) is 0 Å². The number of rotatable bonds is 1. The molecule has 0 saturated carbocycles. The van der Waals surface area contributed by atoms with Gasteiger partial charge in [-0.25, -0.2) is 4.79 Å². The van der Waals surface area contributed by atoms with E-state index in [4.69, 9.17) is 33.4 Å². The van der Waals surface area contributed by atoms with Gasteiger partial charge in [0.15, 0.2) is 0 Å². The molecular formula is C7H6Cl2MgO3. The van der Waals surface area contributed by atoms with E-state index < -0.39 is 11.7 Å². The van der Waals surface area contributed by atoms with Gasteiger partial charge in [-0.2, -0.15) is 0 Å². The molecule has 3 nitrogen and oxygen atoms in total. The van der Waals surface area contributed by atoms with Crippen molar-refractivity contribution in [2.75, 3.05) is 0 Å². The van der Waals surface area contributed by atoms with E-state index >= 15 is 0 Å². The number of phenols is 1. The van der Waals surface area contributed by atoms with Crippen LogP contribution < -0.4 is 0 Å². The van der Waals surface area contributed by atoms with Crippen LogP contribution in [0.25, 0.3) is 0 Å². The van der Waals surface area contributed by atoms with E-state index in [1.165, 1.54) is 6.07 Å². The van der Waals surface area contributed by atoms with Crippen LogP contribution in [0.4, 0.5) is 0 Å².